The monoisotopic (exact) mass is 541 g/mol. The number of carbonyl (C=O) groups is 1. The SMILES string of the molecule is Cc1cc(S(N)(=O)=O)ccc1NC(=O)Cc1ccc(Cl)c(Oc2cc(C#N)cc(C(F)(F)F)c2)c1F. The lowest BCUT2D eigenvalue weighted by Gasteiger charge is -2.14. The minimum Gasteiger partial charge on any atom is -0.453 e. The largest absolute Gasteiger partial charge is 0.453 e. The van der Waals surface area contributed by atoms with Gasteiger partial charge in [0.05, 0.1) is 33.5 Å². The van der Waals surface area contributed by atoms with Gasteiger partial charge in [0.15, 0.2) is 11.6 Å². The van der Waals surface area contributed by atoms with E-state index < -0.39 is 51.4 Å². The van der Waals surface area contributed by atoms with E-state index in [0.29, 0.717) is 17.7 Å². The number of anilines is 1. The molecule has 0 unspecified atom stereocenters. The van der Waals surface area contributed by atoms with E-state index >= 15 is 4.39 Å². The number of benzene rings is 3. The van der Waals surface area contributed by atoms with Crippen LogP contribution in [0, 0.1) is 24.1 Å². The highest BCUT2D eigenvalue weighted by Crippen LogP contribution is 2.37. The summed E-state index contributed by atoms with van der Waals surface area (Å²) < 4.78 is 82.7. The van der Waals surface area contributed by atoms with Crippen LogP contribution in [0.2, 0.25) is 5.02 Å². The van der Waals surface area contributed by atoms with Gasteiger partial charge in [0.25, 0.3) is 0 Å². The second kappa shape index (κ2) is 10.1. The first-order chi connectivity index (χ1) is 16.7. The fourth-order valence-electron chi connectivity index (χ4n) is 3.13. The van der Waals surface area contributed by atoms with Crippen molar-refractivity contribution in [3.05, 3.63) is 81.6 Å². The van der Waals surface area contributed by atoms with Crippen LogP contribution in [0.5, 0.6) is 11.5 Å². The Morgan fingerprint density at radius 2 is 1.86 bits per heavy atom. The number of halogens is 5. The summed E-state index contributed by atoms with van der Waals surface area (Å²) in [6, 6.07) is 9.93. The van der Waals surface area contributed by atoms with Crippen molar-refractivity contribution in [2.45, 2.75) is 24.4 Å². The number of amides is 1. The molecule has 3 aromatic rings. The van der Waals surface area contributed by atoms with Crippen LogP contribution in [0.25, 0.3) is 0 Å². The predicted molar refractivity (Wildman–Crippen MR) is 123 cm³/mol. The highest BCUT2D eigenvalue weighted by atomic mass is 35.5. The summed E-state index contributed by atoms with van der Waals surface area (Å²) in [4.78, 5) is 12.4. The molecule has 0 heterocycles. The van der Waals surface area contributed by atoms with E-state index in [0.717, 1.165) is 6.07 Å². The molecule has 0 fully saturated rings. The number of ether oxygens (including phenoxy) is 1. The van der Waals surface area contributed by atoms with Gasteiger partial charge >= 0.3 is 6.18 Å². The van der Waals surface area contributed by atoms with E-state index in [4.69, 9.17) is 26.7 Å². The molecular weight excluding hydrogens is 526 g/mol. The number of hydrogen-bond donors (Lipinski definition) is 2. The van der Waals surface area contributed by atoms with Gasteiger partial charge in [0.1, 0.15) is 5.75 Å². The minimum absolute atomic E-state index is 0.155. The Morgan fingerprint density at radius 1 is 1.17 bits per heavy atom. The zero-order valence-corrected chi connectivity index (χ0v) is 19.9. The van der Waals surface area contributed by atoms with Gasteiger partial charge in [-0.15, -0.1) is 0 Å². The smallest absolute Gasteiger partial charge is 0.416 e. The fourth-order valence-corrected chi connectivity index (χ4v) is 3.91. The Morgan fingerprint density at radius 3 is 2.44 bits per heavy atom. The summed E-state index contributed by atoms with van der Waals surface area (Å²) in [5.41, 5.74) is -1.08. The molecule has 0 spiro atoms. The first-order valence-corrected chi connectivity index (χ1v) is 11.8. The molecule has 1 amide bonds. The van der Waals surface area contributed by atoms with E-state index in [1.807, 2.05) is 0 Å². The summed E-state index contributed by atoms with van der Waals surface area (Å²) in [7, 11) is -3.94. The zero-order valence-electron chi connectivity index (χ0n) is 18.3. The van der Waals surface area contributed by atoms with Crippen LogP contribution in [0.4, 0.5) is 23.2 Å². The Kier molecular flexibility index (Phi) is 7.59. The fraction of sp³-hybridized carbons (Fsp3) is 0.130. The van der Waals surface area contributed by atoms with Crippen molar-refractivity contribution in [3.8, 4) is 17.6 Å². The predicted octanol–water partition coefficient (Wildman–Crippen LogP) is 5.30. The number of aryl methyl sites for hydroxylation is 1. The summed E-state index contributed by atoms with van der Waals surface area (Å²) in [6.07, 6.45) is -5.29. The first-order valence-electron chi connectivity index (χ1n) is 9.89. The molecule has 188 valence electrons. The standard InChI is InChI=1S/C23H16ClF4N3O4S/c1-12-6-17(36(30,33)34)3-5-19(12)31-20(32)9-14-2-4-18(24)22(21(14)25)35-16-8-13(11-29)7-15(10-16)23(26,27)28/h2-8,10H,9H2,1H3,(H,31,32)(H2,30,33,34). The van der Waals surface area contributed by atoms with Crippen LogP contribution >= 0.6 is 11.6 Å². The number of nitrogens with one attached hydrogen (secondary N) is 1. The van der Waals surface area contributed by atoms with E-state index in [-0.39, 0.29) is 26.7 Å². The van der Waals surface area contributed by atoms with E-state index in [2.05, 4.69) is 5.32 Å². The third-order valence-electron chi connectivity index (χ3n) is 4.86. The van der Waals surface area contributed by atoms with Crippen molar-refractivity contribution in [2.24, 2.45) is 5.14 Å². The Hall–Kier alpha value is -3.66. The second-order valence-electron chi connectivity index (χ2n) is 7.55. The van der Waals surface area contributed by atoms with Gasteiger partial charge in [0, 0.05) is 11.3 Å². The molecule has 0 saturated heterocycles. The average molecular weight is 542 g/mol. The summed E-state index contributed by atoms with van der Waals surface area (Å²) in [6.45, 7) is 1.53. The normalized spacial score (nSPS) is 11.6. The molecule has 3 aromatic carbocycles. The Bertz CT molecular complexity index is 1500. The molecule has 13 heteroatoms. The zero-order chi connectivity index (χ0) is 26.8. The number of sulfonamides is 1. The molecule has 0 aliphatic carbocycles. The minimum atomic E-state index is -4.78. The highest BCUT2D eigenvalue weighted by molar-refractivity contribution is 7.89. The van der Waals surface area contributed by atoms with Crippen LogP contribution < -0.4 is 15.2 Å². The Labute approximate surface area is 208 Å². The van der Waals surface area contributed by atoms with Gasteiger partial charge in [-0.2, -0.15) is 18.4 Å². The molecule has 0 bridgehead atoms. The van der Waals surface area contributed by atoms with Gasteiger partial charge < -0.3 is 10.1 Å². The molecule has 0 saturated carbocycles. The quantitative estimate of drug-likeness (QED) is 0.410. The van der Waals surface area contributed by atoms with Crippen molar-refractivity contribution in [2.75, 3.05) is 5.32 Å². The van der Waals surface area contributed by atoms with E-state index in [9.17, 15) is 26.4 Å². The van der Waals surface area contributed by atoms with Gasteiger partial charge in [-0.1, -0.05) is 17.7 Å². The van der Waals surface area contributed by atoms with Crippen molar-refractivity contribution in [1.82, 2.24) is 0 Å². The lowest BCUT2D eigenvalue weighted by Crippen LogP contribution is -2.17. The number of nitrogens with two attached hydrogens (primary N) is 1. The first kappa shape index (κ1) is 26.9. The van der Waals surface area contributed by atoms with Crippen LogP contribution in [0.3, 0.4) is 0 Å². The number of rotatable bonds is 6. The van der Waals surface area contributed by atoms with Gasteiger partial charge in [-0.3, -0.25) is 4.79 Å². The van der Waals surface area contributed by atoms with Gasteiger partial charge in [-0.05, 0) is 55.0 Å². The second-order valence-corrected chi connectivity index (χ2v) is 9.52. The third kappa shape index (κ3) is 6.31. The van der Waals surface area contributed by atoms with Crippen LogP contribution in [-0.2, 0) is 27.4 Å². The molecule has 0 aromatic heterocycles. The van der Waals surface area contributed by atoms with Gasteiger partial charge in [-0.25, -0.2) is 17.9 Å². The van der Waals surface area contributed by atoms with Crippen LogP contribution in [-0.4, -0.2) is 14.3 Å². The maximum Gasteiger partial charge on any atom is 0.416 e. The molecule has 0 atom stereocenters. The number of carbonyl (C=O) groups excluding carboxylic acids is 1. The summed E-state index contributed by atoms with van der Waals surface area (Å²) in [5.74, 6) is -2.87. The maximum atomic E-state index is 15.1. The van der Waals surface area contributed by atoms with E-state index in [1.54, 1.807) is 6.07 Å². The Balaban J connectivity index is 1.86. The lowest BCUT2D eigenvalue weighted by molar-refractivity contribution is -0.137. The summed E-state index contributed by atoms with van der Waals surface area (Å²) >= 11 is 5.98. The average Bonchev–Trinajstić information content (AvgIpc) is 2.78. The summed E-state index contributed by atoms with van der Waals surface area (Å²) in [5, 5.41) is 16.3. The molecule has 0 aliphatic heterocycles. The van der Waals surface area contributed by atoms with Gasteiger partial charge in [0.2, 0.25) is 15.9 Å². The van der Waals surface area contributed by atoms with E-state index in [1.165, 1.54) is 37.3 Å². The molecule has 36 heavy (non-hydrogen) atoms. The van der Waals surface area contributed by atoms with Crippen LogP contribution in [0.1, 0.15) is 22.3 Å². The molecule has 7 nitrogen and oxygen atoms in total. The number of primary sulfonamides is 1. The molecular formula is C23H16ClF4N3O4S. The molecule has 3 N–H and O–H groups in total. The maximum absolute atomic E-state index is 15.1. The van der Waals surface area contributed by atoms with Crippen molar-refractivity contribution in [3.63, 3.8) is 0 Å². The van der Waals surface area contributed by atoms with Crippen LogP contribution in [0.15, 0.2) is 53.4 Å². The van der Waals surface area contributed by atoms with Crippen molar-refractivity contribution >= 4 is 33.2 Å². The molecule has 0 aliphatic rings. The topological polar surface area (TPSA) is 122 Å². The molecule has 3 rings (SSSR count). The lowest BCUT2D eigenvalue weighted by atomic mass is 10.1. The number of nitrogens with zero attached hydrogens (tertiary/aromatic N) is 1. The molecule has 0 radical (unpaired) electrons. The third-order valence-corrected chi connectivity index (χ3v) is 6.07. The number of nitriles is 1. The van der Waals surface area contributed by atoms with Crippen molar-refractivity contribution < 1.29 is 35.5 Å². The number of hydrogen-bond acceptors (Lipinski definition) is 5. The van der Waals surface area contributed by atoms with Crippen molar-refractivity contribution in [1.29, 1.82) is 5.26 Å². The number of alkyl halides is 3. The highest BCUT2D eigenvalue weighted by Gasteiger charge is 2.32.